The summed E-state index contributed by atoms with van der Waals surface area (Å²) in [5.74, 6) is -0.754. The van der Waals surface area contributed by atoms with E-state index in [-0.39, 0.29) is 5.54 Å². The SMILES string of the molecule is CCC(NC(C)(CC)CC)C(=O)O. The number of carboxylic acid groups (broad SMARTS) is 1. The fraction of sp³-hybridized carbons (Fsp3) is 0.900. The van der Waals surface area contributed by atoms with Gasteiger partial charge in [0.2, 0.25) is 0 Å². The quantitative estimate of drug-likeness (QED) is 0.668. The monoisotopic (exact) mass is 187 g/mol. The van der Waals surface area contributed by atoms with Crippen LogP contribution >= 0.6 is 0 Å². The fourth-order valence-electron chi connectivity index (χ4n) is 1.21. The van der Waals surface area contributed by atoms with Crippen molar-refractivity contribution in [2.24, 2.45) is 0 Å². The van der Waals surface area contributed by atoms with Crippen LogP contribution in [0.5, 0.6) is 0 Å². The number of nitrogens with one attached hydrogen (secondary N) is 1. The molecule has 0 aromatic heterocycles. The second kappa shape index (κ2) is 5.22. The lowest BCUT2D eigenvalue weighted by molar-refractivity contribution is -0.140. The van der Waals surface area contributed by atoms with Crippen LogP contribution in [0.3, 0.4) is 0 Å². The lowest BCUT2D eigenvalue weighted by atomic mass is 9.94. The zero-order valence-electron chi connectivity index (χ0n) is 9.05. The van der Waals surface area contributed by atoms with Crippen molar-refractivity contribution in [2.75, 3.05) is 0 Å². The van der Waals surface area contributed by atoms with Crippen molar-refractivity contribution in [1.82, 2.24) is 5.32 Å². The molecular formula is C10H21NO2. The van der Waals surface area contributed by atoms with E-state index in [0.717, 1.165) is 12.8 Å². The highest BCUT2D eigenvalue weighted by Gasteiger charge is 2.26. The first-order valence-electron chi connectivity index (χ1n) is 4.99. The van der Waals surface area contributed by atoms with Crippen LogP contribution in [0.2, 0.25) is 0 Å². The standard InChI is InChI=1S/C10H21NO2/c1-5-8(9(12)13)11-10(4,6-2)7-3/h8,11H,5-7H2,1-4H3,(H,12,13). The van der Waals surface area contributed by atoms with Crippen LogP contribution in [0, 0.1) is 0 Å². The highest BCUT2D eigenvalue weighted by molar-refractivity contribution is 5.73. The molecule has 0 aliphatic carbocycles. The Morgan fingerprint density at radius 2 is 1.85 bits per heavy atom. The number of carboxylic acids is 1. The Hall–Kier alpha value is -0.570. The van der Waals surface area contributed by atoms with E-state index in [9.17, 15) is 4.79 Å². The van der Waals surface area contributed by atoms with Gasteiger partial charge in [-0.2, -0.15) is 0 Å². The van der Waals surface area contributed by atoms with Crippen LogP contribution in [0.4, 0.5) is 0 Å². The molecule has 2 N–H and O–H groups in total. The molecule has 0 heterocycles. The molecule has 0 aliphatic rings. The third-order valence-corrected chi connectivity index (χ3v) is 2.79. The molecule has 3 heteroatoms. The molecule has 0 amide bonds. The zero-order chi connectivity index (χ0) is 10.5. The minimum atomic E-state index is -0.754. The van der Waals surface area contributed by atoms with Gasteiger partial charge >= 0.3 is 5.97 Å². The van der Waals surface area contributed by atoms with E-state index >= 15 is 0 Å². The molecule has 0 aromatic carbocycles. The Balaban J connectivity index is 4.27. The molecule has 1 unspecified atom stereocenters. The van der Waals surface area contributed by atoms with Crippen molar-refractivity contribution in [3.05, 3.63) is 0 Å². The number of hydrogen-bond acceptors (Lipinski definition) is 2. The summed E-state index contributed by atoms with van der Waals surface area (Å²) in [5.41, 5.74) is -0.0426. The minimum Gasteiger partial charge on any atom is -0.480 e. The van der Waals surface area contributed by atoms with Crippen LogP contribution < -0.4 is 5.32 Å². The Morgan fingerprint density at radius 1 is 1.38 bits per heavy atom. The predicted molar refractivity (Wildman–Crippen MR) is 53.8 cm³/mol. The van der Waals surface area contributed by atoms with Crippen LogP contribution in [-0.4, -0.2) is 22.7 Å². The molecule has 0 saturated carbocycles. The maximum Gasteiger partial charge on any atom is 0.320 e. The number of carbonyl (C=O) groups is 1. The van der Waals surface area contributed by atoms with Crippen molar-refractivity contribution >= 4 is 5.97 Å². The van der Waals surface area contributed by atoms with Crippen molar-refractivity contribution in [1.29, 1.82) is 0 Å². The van der Waals surface area contributed by atoms with Crippen molar-refractivity contribution < 1.29 is 9.90 Å². The second-order valence-electron chi connectivity index (χ2n) is 3.71. The summed E-state index contributed by atoms with van der Waals surface area (Å²) in [6.45, 7) is 8.10. The summed E-state index contributed by atoms with van der Waals surface area (Å²) < 4.78 is 0. The average molecular weight is 187 g/mol. The molecule has 0 spiro atoms. The molecule has 0 saturated heterocycles. The van der Waals surface area contributed by atoms with Gasteiger partial charge in [0.15, 0.2) is 0 Å². The zero-order valence-corrected chi connectivity index (χ0v) is 9.05. The Kier molecular flexibility index (Phi) is 4.99. The molecular weight excluding hydrogens is 166 g/mol. The van der Waals surface area contributed by atoms with Crippen LogP contribution in [-0.2, 0) is 4.79 Å². The summed E-state index contributed by atoms with van der Waals surface area (Å²) in [4.78, 5) is 10.8. The number of aliphatic carboxylic acids is 1. The van der Waals surface area contributed by atoms with Crippen LogP contribution in [0.1, 0.15) is 47.0 Å². The first kappa shape index (κ1) is 12.4. The van der Waals surface area contributed by atoms with Gasteiger partial charge in [0.1, 0.15) is 6.04 Å². The van der Waals surface area contributed by atoms with Gasteiger partial charge in [0, 0.05) is 5.54 Å². The predicted octanol–water partition coefficient (Wildman–Crippen LogP) is 2.02. The van der Waals surface area contributed by atoms with Gasteiger partial charge in [-0.25, -0.2) is 0 Å². The molecule has 0 radical (unpaired) electrons. The van der Waals surface area contributed by atoms with E-state index in [1.165, 1.54) is 0 Å². The van der Waals surface area contributed by atoms with Crippen molar-refractivity contribution in [3.8, 4) is 0 Å². The van der Waals surface area contributed by atoms with E-state index < -0.39 is 12.0 Å². The van der Waals surface area contributed by atoms with E-state index in [1.54, 1.807) is 0 Å². The second-order valence-corrected chi connectivity index (χ2v) is 3.71. The van der Waals surface area contributed by atoms with Gasteiger partial charge in [-0.1, -0.05) is 20.8 Å². The normalized spacial score (nSPS) is 14.2. The molecule has 0 bridgehead atoms. The Morgan fingerprint density at radius 3 is 2.08 bits per heavy atom. The molecule has 78 valence electrons. The highest BCUT2D eigenvalue weighted by atomic mass is 16.4. The fourth-order valence-corrected chi connectivity index (χ4v) is 1.21. The maximum atomic E-state index is 10.8. The van der Waals surface area contributed by atoms with Crippen LogP contribution in [0.25, 0.3) is 0 Å². The summed E-state index contributed by atoms with van der Waals surface area (Å²) in [6.07, 6.45) is 2.53. The highest BCUT2D eigenvalue weighted by Crippen LogP contribution is 2.15. The Labute approximate surface area is 80.5 Å². The van der Waals surface area contributed by atoms with Gasteiger partial charge in [0.25, 0.3) is 0 Å². The smallest absolute Gasteiger partial charge is 0.320 e. The van der Waals surface area contributed by atoms with Gasteiger partial charge in [-0.15, -0.1) is 0 Å². The maximum absolute atomic E-state index is 10.8. The summed E-state index contributed by atoms with van der Waals surface area (Å²) in [6, 6.07) is -0.412. The van der Waals surface area contributed by atoms with E-state index in [1.807, 2.05) is 6.92 Å². The van der Waals surface area contributed by atoms with Crippen LogP contribution in [0.15, 0.2) is 0 Å². The molecule has 0 rings (SSSR count). The van der Waals surface area contributed by atoms with E-state index in [0.29, 0.717) is 6.42 Å². The van der Waals surface area contributed by atoms with Gasteiger partial charge < -0.3 is 5.11 Å². The first-order chi connectivity index (χ1) is 5.99. The molecule has 0 aliphatic heterocycles. The van der Waals surface area contributed by atoms with Crippen molar-refractivity contribution in [2.45, 2.75) is 58.5 Å². The van der Waals surface area contributed by atoms with Gasteiger partial charge in [0.05, 0.1) is 0 Å². The summed E-state index contributed by atoms with van der Waals surface area (Å²) in [5, 5.41) is 12.0. The summed E-state index contributed by atoms with van der Waals surface area (Å²) >= 11 is 0. The van der Waals surface area contributed by atoms with E-state index in [4.69, 9.17) is 5.11 Å². The lowest BCUT2D eigenvalue weighted by Crippen LogP contribution is -2.50. The lowest BCUT2D eigenvalue weighted by Gasteiger charge is -2.31. The third kappa shape index (κ3) is 3.77. The molecule has 1 atom stereocenters. The van der Waals surface area contributed by atoms with Gasteiger partial charge in [-0.05, 0) is 26.2 Å². The molecule has 0 fully saturated rings. The average Bonchev–Trinajstić information content (AvgIpc) is 2.13. The summed E-state index contributed by atoms with van der Waals surface area (Å²) in [7, 11) is 0. The molecule has 3 nitrogen and oxygen atoms in total. The largest absolute Gasteiger partial charge is 0.480 e. The first-order valence-corrected chi connectivity index (χ1v) is 4.99. The minimum absolute atomic E-state index is 0.0426. The molecule has 13 heavy (non-hydrogen) atoms. The topological polar surface area (TPSA) is 49.3 Å². The third-order valence-electron chi connectivity index (χ3n) is 2.79. The van der Waals surface area contributed by atoms with Crippen molar-refractivity contribution in [3.63, 3.8) is 0 Å². The number of hydrogen-bond donors (Lipinski definition) is 2. The Bertz CT molecular complexity index is 164. The molecule has 0 aromatic rings. The van der Waals surface area contributed by atoms with E-state index in [2.05, 4.69) is 26.1 Å². The number of rotatable bonds is 6. The van der Waals surface area contributed by atoms with Gasteiger partial charge in [-0.3, -0.25) is 10.1 Å².